The number of rotatable bonds is 3. The van der Waals surface area contributed by atoms with Gasteiger partial charge in [0.25, 0.3) is 0 Å². The molecule has 0 bridgehead atoms. The molecular formula is C12H17N3O. The van der Waals surface area contributed by atoms with E-state index in [1.165, 1.54) is 6.39 Å². The molecule has 0 fully saturated rings. The van der Waals surface area contributed by atoms with Gasteiger partial charge in [0.15, 0.2) is 12.0 Å². The van der Waals surface area contributed by atoms with E-state index in [-0.39, 0.29) is 11.5 Å². The van der Waals surface area contributed by atoms with Crippen LogP contribution in [-0.2, 0) is 0 Å². The smallest absolute Gasteiger partial charge is 0.181 e. The molecule has 4 nitrogen and oxygen atoms in total. The molecule has 1 heterocycles. The minimum Gasteiger partial charge on any atom is -0.443 e. The summed E-state index contributed by atoms with van der Waals surface area (Å²) in [6.07, 6.45) is 1.44. The van der Waals surface area contributed by atoms with Crippen LogP contribution in [0.1, 0.15) is 25.5 Å². The monoisotopic (exact) mass is 219 g/mol. The summed E-state index contributed by atoms with van der Waals surface area (Å²) in [6, 6.07) is 5.73. The predicted octanol–water partition coefficient (Wildman–Crippen LogP) is 1.81. The lowest BCUT2D eigenvalue weighted by atomic mass is 9.81. The minimum atomic E-state index is -0.131. The van der Waals surface area contributed by atoms with Gasteiger partial charge in [-0.05, 0) is 29.7 Å². The average Bonchev–Trinajstić information content (AvgIpc) is 2.74. The van der Waals surface area contributed by atoms with Gasteiger partial charge >= 0.3 is 0 Å². The Balaban J connectivity index is 2.39. The van der Waals surface area contributed by atoms with Crippen molar-refractivity contribution < 1.29 is 4.42 Å². The van der Waals surface area contributed by atoms with Gasteiger partial charge in [0.1, 0.15) is 5.52 Å². The van der Waals surface area contributed by atoms with Crippen LogP contribution in [0, 0.1) is 5.41 Å². The molecule has 2 rings (SSSR count). The fourth-order valence-electron chi connectivity index (χ4n) is 1.64. The van der Waals surface area contributed by atoms with Gasteiger partial charge in [-0.3, -0.25) is 0 Å². The van der Waals surface area contributed by atoms with Gasteiger partial charge < -0.3 is 15.9 Å². The lowest BCUT2D eigenvalue weighted by Crippen LogP contribution is -2.35. The Hall–Kier alpha value is -1.39. The quantitative estimate of drug-likeness (QED) is 0.825. The SMILES string of the molecule is CC(C)(CN)C(N)c1ccc2ncoc2c1. The first-order valence-corrected chi connectivity index (χ1v) is 5.33. The lowest BCUT2D eigenvalue weighted by molar-refractivity contribution is 0.301. The summed E-state index contributed by atoms with van der Waals surface area (Å²) >= 11 is 0. The van der Waals surface area contributed by atoms with Crippen LogP contribution in [0.15, 0.2) is 29.0 Å². The molecule has 1 aromatic carbocycles. The Kier molecular flexibility index (Phi) is 2.69. The van der Waals surface area contributed by atoms with E-state index in [0.717, 1.165) is 16.7 Å². The normalized spacial score (nSPS) is 14.2. The number of fused-ring (bicyclic) bond motifs is 1. The Bertz CT molecular complexity index is 490. The van der Waals surface area contributed by atoms with E-state index in [4.69, 9.17) is 15.9 Å². The first-order valence-electron chi connectivity index (χ1n) is 5.33. The van der Waals surface area contributed by atoms with Crippen molar-refractivity contribution in [2.75, 3.05) is 6.54 Å². The van der Waals surface area contributed by atoms with Gasteiger partial charge in [-0.2, -0.15) is 0 Å². The number of oxazole rings is 1. The molecule has 4 heteroatoms. The third-order valence-corrected chi connectivity index (χ3v) is 3.08. The zero-order valence-corrected chi connectivity index (χ0v) is 9.60. The van der Waals surface area contributed by atoms with E-state index in [2.05, 4.69) is 18.8 Å². The average molecular weight is 219 g/mol. The molecule has 0 radical (unpaired) electrons. The Labute approximate surface area is 94.6 Å². The second kappa shape index (κ2) is 3.88. The molecule has 0 spiro atoms. The van der Waals surface area contributed by atoms with Gasteiger partial charge in [-0.15, -0.1) is 0 Å². The fraction of sp³-hybridized carbons (Fsp3) is 0.417. The van der Waals surface area contributed by atoms with Crippen LogP contribution in [0.2, 0.25) is 0 Å². The van der Waals surface area contributed by atoms with Crippen molar-refractivity contribution in [1.82, 2.24) is 4.98 Å². The van der Waals surface area contributed by atoms with Gasteiger partial charge in [0.2, 0.25) is 0 Å². The van der Waals surface area contributed by atoms with E-state index in [1.54, 1.807) is 0 Å². The summed E-state index contributed by atoms with van der Waals surface area (Å²) in [4.78, 5) is 4.07. The van der Waals surface area contributed by atoms with Crippen molar-refractivity contribution in [3.8, 4) is 0 Å². The highest BCUT2D eigenvalue weighted by Crippen LogP contribution is 2.31. The minimum absolute atomic E-state index is 0.105. The molecule has 1 unspecified atom stereocenters. The Morgan fingerprint density at radius 3 is 2.88 bits per heavy atom. The number of benzene rings is 1. The van der Waals surface area contributed by atoms with Crippen molar-refractivity contribution >= 4 is 11.1 Å². The van der Waals surface area contributed by atoms with Gasteiger partial charge in [0, 0.05) is 6.04 Å². The first kappa shape index (κ1) is 11.1. The molecule has 0 aliphatic rings. The summed E-state index contributed by atoms with van der Waals surface area (Å²) in [5.41, 5.74) is 14.4. The van der Waals surface area contributed by atoms with Crippen LogP contribution in [0.4, 0.5) is 0 Å². The highest BCUT2D eigenvalue weighted by atomic mass is 16.3. The molecule has 1 aromatic heterocycles. The molecule has 0 saturated carbocycles. The highest BCUT2D eigenvalue weighted by molar-refractivity contribution is 5.72. The third kappa shape index (κ3) is 1.81. The maximum Gasteiger partial charge on any atom is 0.181 e. The molecule has 0 saturated heterocycles. The maximum atomic E-state index is 6.20. The molecule has 2 aromatic rings. The zero-order valence-electron chi connectivity index (χ0n) is 9.60. The van der Waals surface area contributed by atoms with Crippen molar-refractivity contribution in [2.24, 2.45) is 16.9 Å². The molecule has 4 N–H and O–H groups in total. The largest absolute Gasteiger partial charge is 0.443 e. The van der Waals surface area contributed by atoms with E-state index in [9.17, 15) is 0 Å². The summed E-state index contributed by atoms with van der Waals surface area (Å²) in [6.45, 7) is 4.66. The van der Waals surface area contributed by atoms with Crippen molar-refractivity contribution in [3.63, 3.8) is 0 Å². The summed E-state index contributed by atoms with van der Waals surface area (Å²) in [5, 5.41) is 0. The summed E-state index contributed by atoms with van der Waals surface area (Å²) < 4.78 is 5.26. The number of aromatic nitrogens is 1. The zero-order chi connectivity index (χ0) is 11.8. The van der Waals surface area contributed by atoms with Crippen LogP contribution in [0.25, 0.3) is 11.1 Å². The van der Waals surface area contributed by atoms with E-state index in [0.29, 0.717) is 6.54 Å². The predicted molar refractivity (Wildman–Crippen MR) is 63.8 cm³/mol. The van der Waals surface area contributed by atoms with Gasteiger partial charge in [-0.1, -0.05) is 19.9 Å². The third-order valence-electron chi connectivity index (χ3n) is 3.08. The first-order chi connectivity index (χ1) is 7.54. The topological polar surface area (TPSA) is 78.1 Å². The maximum absolute atomic E-state index is 6.20. The second-order valence-electron chi connectivity index (χ2n) is 4.75. The number of hydrogen-bond acceptors (Lipinski definition) is 4. The van der Waals surface area contributed by atoms with Crippen LogP contribution >= 0.6 is 0 Å². The number of nitrogens with two attached hydrogens (primary N) is 2. The van der Waals surface area contributed by atoms with Crippen LogP contribution < -0.4 is 11.5 Å². The van der Waals surface area contributed by atoms with Crippen molar-refractivity contribution in [3.05, 3.63) is 30.2 Å². The molecule has 0 aliphatic carbocycles. The van der Waals surface area contributed by atoms with Crippen LogP contribution in [0.3, 0.4) is 0 Å². The standard InChI is InChI=1S/C12H17N3O/c1-12(2,6-13)11(14)8-3-4-9-10(5-8)16-7-15-9/h3-5,7,11H,6,13-14H2,1-2H3. The van der Waals surface area contributed by atoms with Crippen molar-refractivity contribution in [1.29, 1.82) is 0 Å². The Morgan fingerprint density at radius 2 is 2.19 bits per heavy atom. The van der Waals surface area contributed by atoms with E-state index in [1.807, 2.05) is 18.2 Å². The van der Waals surface area contributed by atoms with Gasteiger partial charge in [0.05, 0.1) is 0 Å². The fourth-order valence-corrected chi connectivity index (χ4v) is 1.64. The molecule has 1 atom stereocenters. The summed E-state index contributed by atoms with van der Waals surface area (Å²) in [5.74, 6) is 0. The van der Waals surface area contributed by atoms with Crippen LogP contribution in [0.5, 0.6) is 0 Å². The molecular weight excluding hydrogens is 202 g/mol. The summed E-state index contributed by atoms with van der Waals surface area (Å²) in [7, 11) is 0. The molecule has 86 valence electrons. The Morgan fingerprint density at radius 1 is 1.44 bits per heavy atom. The van der Waals surface area contributed by atoms with Crippen molar-refractivity contribution in [2.45, 2.75) is 19.9 Å². The number of nitrogens with zero attached hydrogens (tertiary/aromatic N) is 1. The molecule has 0 aliphatic heterocycles. The molecule has 0 amide bonds. The van der Waals surface area contributed by atoms with Gasteiger partial charge in [-0.25, -0.2) is 4.98 Å². The van der Waals surface area contributed by atoms with E-state index < -0.39 is 0 Å². The highest BCUT2D eigenvalue weighted by Gasteiger charge is 2.26. The second-order valence-corrected chi connectivity index (χ2v) is 4.75. The van der Waals surface area contributed by atoms with Crippen LogP contribution in [-0.4, -0.2) is 11.5 Å². The lowest BCUT2D eigenvalue weighted by Gasteiger charge is -2.30. The molecule has 16 heavy (non-hydrogen) atoms. The van der Waals surface area contributed by atoms with E-state index >= 15 is 0 Å². The number of hydrogen-bond donors (Lipinski definition) is 2.